The Balaban J connectivity index is 2.05. The molecule has 0 amide bonds. The van der Waals surface area contributed by atoms with E-state index in [4.69, 9.17) is 11.6 Å². The van der Waals surface area contributed by atoms with E-state index in [1.165, 1.54) is 12.3 Å². The highest BCUT2D eigenvalue weighted by Gasteiger charge is 2.25. The van der Waals surface area contributed by atoms with Crippen molar-refractivity contribution in [2.75, 3.05) is 13.1 Å². The van der Waals surface area contributed by atoms with Crippen LogP contribution in [-0.2, 0) is 0 Å². The molecule has 2 N–H and O–H groups in total. The fourth-order valence-electron chi connectivity index (χ4n) is 2.79. The first-order valence-electron chi connectivity index (χ1n) is 7.31. The standard InChI is InChI=1S/C17H15ClN2O3/c18-16-14(17(22)23)7-11(9-20-16)12-3-1-2-4-13(12)15(21)10-5-6-19-8-10/h1-4,7,9-10,19H,5-6,8H2,(H,22,23). The van der Waals surface area contributed by atoms with Gasteiger partial charge in [0.15, 0.2) is 5.78 Å². The third-order valence-electron chi connectivity index (χ3n) is 4.00. The van der Waals surface area contributed by atoms with Crippen LogP contribution in [0.1, 0.15) is 27.1 Å². The molecule has 1 unspecified atom stereocenters. The first-order valence-corrected chi connectivity index (χ1v) is 7.69. The molecule has 23 heavy (non-hydrogen) atoms. The highest BCUT2D eigenvalue weighted by Crippen LogP contribution is 2.29. The molecule has 118 valence electrons. The fourth-order valence-corrected chi connectivity index (χ4v) is 2.98. The first-order chi connectivity index (χ1) is 11.1. The van der Waals surface area contributed by atoms with Gasteiger partial charge < -0.3 is 10.4 Å². The predicted molar refractivity (Wildman–Crippen MR) is 86.9 cm³/mol. The van der Waals surface area contributed by atoms with Gasteiger partial charge in [0.25, 0.3) is 0 Å². The zero-order valence-electron chi connectivity index (χ0n) is 12.3. The average molecular weight is 331 g/mol. The van der Waals surface area contributed by atoms with Crippen molar-refractivity contribution in [1.29, 1.82) is 0 Å². The molecule has 0 aliphatic carbocycles. The van der Waals surface area contributed by atoms with E-state index in [-0.39, 0.29) is 22.4 Å². The van der Waals surface area contributed by atoms with E-state index >= 15 is 0 Å². The molecule has 1 aromatic heterocycles. The Kier molecular flexibility index (Phi) is 4.41. The van der Waals surface area contributed by atoms with Crippen LogP contribution < -0.4 is 5.32 Å². The number of hydrogen-bond donors (Lipinski definition) is 2. The van der Waals surface area contributed by atoms with Crippen LogP contribution in [0, 0.1) is 5.92 Å². The van der Waals surface area contributed by atoms with Gasteiger partial charge in [-0.05, 0) is 24.6 Å². The molecule has 2 aromatic rings. The molecule has 1 fully saturated rings. The molecule has 3 rings (SSSR count). The lowest BCUT2D eigenvalue weighted by atomic mass is 9.91. The van der Waals surface area contributed by atoms with E-state index in [1.54, 1.807) is 18.2 Å². The molecule has 0 radical (unpaired) electrons. The summed E-state index contributed by atoms with van der Waals surface area (Å²) < 4.78 is 0. The number of halogens is 1. The molecule has 6 heteroatoms. The highest BCUT2D eigenvalue weighted by atomic mass is 35.5. The number of carbonyl (C=O) groups excluding carboxylic acids is 1. The summed E-state index contributed by atoms with van der Waals surface area (Å²) in [6.45, 7) is 1.51. The Labute approximate surface area is 138 Å². The van der Waals surface area contributed by atoms with E-state index in [9.17, 15) is 14.7 Å². The maximum atomic E-state index is 12.7. The lowest BCUT2D eigenvalue weighted by molar-refractivity contribution is 0.0696. The van der Waals surface area contributed by atoms with Crippen LogP contribution >= 0.6 is 11.6 Å². The Morgan fingerprint density at radius 2 is 2.04 bits per heavy atom. The Hall–Kier alpha value is -2.24. The third kappa shape index (κ3) is 3.11. The van der Waals surface area contributed by atoms with Gasteiger partial charge in [0, 0.05) is 29.8 Å². The fraction of sp³-hybridized carbons (Fsp3) is 0.235. The Morgan fingerprint density at radius 1 is 1.26 bits per heavy atom. The summed E-state index contributed by atoms with van der Waals surface area (Å²) >= 11 is 5.82. The van der Waals surface area contributed by atoms with E-state index in [0.717, 1.165) is 13.0 Å². The van der Waals surface area contributed by atoms with E-state index in [0.29, 0.717) is 23.2 Å². The molecular weight excluding hydrogens is 316 g/mol. The van der Waals surface area contributed by atoms with Crippen molar-refractivity contribution in [2.24, 2.45) is 5.92 Å². The number of ketones is 1. The Morgan fingerprint density at radius 3 is 2.74 bits per heavy atom. The maximum Gasteiger partial charge on any atom is 0.338 e. The maximum absolute atomic E-state index is 12.7. The van der Waals surface area contributed by atoms with Crippen LogP contribution in [-0.4, -0.2) is 34.9 Å². The number of rotatable bonds is 4. The zero-order chi connectivity index (χ0) is 16.4. The number of benzene rings is 1. The average Bonchev–Trinajstić information content (AvgIpc) is 3.09. The van der Waals surface area contributed by atoms with Crippen LogP contribution in [0.5, 0.6) is 0 Å². The molecule has 0 spiro atoms. The summed E-state index contributed by atoms with van der Waals surface area (Å²) in [7, 11) is 0. The van der Waals surface area contributed by atoms with Gasteiger partial charge in [0.05, 0.1) is 5.56 Å². The van der Waals surface area contributed by atoms with Crippen molar-refractivity contribution in [3.05, 3.63) is 52.8 Å². The third-order valence-corrected chi connectivity index (χ3v) is 4.31. The molecule has 0 bridgehead atoms. The van der Waals surface area contributed by atoms with Gasteiger partial charge in [-0.1, -0.05) is 35.9 Å². The second-order valence-electron chi connectivity index (χ2n) is 5.47. The van der Waals surface area contributed by atoms with E-state index in [1.807, 2.05) is 6.07 Å². The van der Waals surface area contributed by atoms with Crippen LogP contribution in [0.4, 0.5) is 0 Å². The zero-order valence-corrected chi connectivity index (χ0v) is 13.0. The smallest absolute Gasteiger partial charge is 0.338 e. The minimum absolute atomic E-state index is 0.0460. The molecule has 0 saturated carbocycles. The van der Waals surface area contributed by atoms with Crippen molar-refractivity contribution in [1.82, 2.24) is 10.3 Å². The number of carbonyl (C=O) groups is 2. The first kappa shape index (κ1) is 15.6. The minimum atomic E-state index is -1.15. The summed E-state index contributed by atoms with van der Waals surface area (Å²) in [6, 6.07) is 8.64. The number of carboxylic acids is 1. The summed E-state index contributed by atoms with van der Waals surface area (Å²) in [5.74, 6) is -1.12. The van der Waals surface area contributed by atoms with Gasteiger partial charge in [-0.25, -0.2) is 9.78 Å². The number of hydrogen-bond acceptors (Lipinski definition) is 4. The summed E-state index contributed by atoms with van der Waals surface area (Å²) in [6.07, 6.45) is 2.31. The summed E-state index contributed by atoms with van der Waals surface area (Å²) in [5.41, 5.74) is 1.76. The van der Waals surface area contributed by atoms with Crippen molar-refractivity contribution in [3.8, 4) is 11.1 Å². The van der Waals surface area contributed by atoms with Crippen LogP contribution in [0.15, 0.2) is 36.5 Å². The molecule has 2 heterocycles. The van der Waals surface area contributed by atoms with Gasteiger partial charge in [0.1, 0.15) is 5.15 Å². The lowest BCUT2D eigenvalue weighted by Gasteiger charge is -2.13. The molecule has 1 aliphatic rings. The largest absolute Gasteiger partial charge is 0.478 e. The SMILES string of the molecule is O=C(O)c1cc(-c2ccccc2C(=O)C2CCNC2)cnc1Cl. The van der Waals surface area contributed by atoms with E-state index in [2.05, 4.69) is 10.3 Å². The number of pyridine rings is 1. The normalized spacial score (nSPS) is 17.2. The van der Waals surface area contributed by atoms with Crippen molar-refractivity contribution in [3.63, 3.8) is 0 Å². The minimum Gasteiger partial charge on any atom is -0.478 e. The molecular formula is C17H15ClN2O3. The van der Waals surface area contributed by atoms with Gasteiger partial charge in [0.2, 0.25) is 0 Å². The Bertz CT molecular complexity index is 770. The van der Waals surface area contributed by atoms with Gasteiger partial charge in [-0.3, -0.25) is 4.79 Å². The number of aromatic carboxylic acids is 1. The molecule has 1 aliphatic heterocycles. The molecule has 5 nitrogen and oxygen atoms in total. The predicted octanol–water partition coefficient (Wildman–Crippen LogP) is 2.89. The number of nitrogens with zero attached hydrogens (tertiary/aromatic N) is 1. The van der Waals surface area contributed by atoms with Crippen molar-refractivity contribution in [2.45, 2.75) is 6.42 Å². The van der Waals surface area contributed by atoms with Crippen molar-refractivity contribution < 1.29 is 14.7 Å². The number of Topliss-reactive ketones (excluding diaryl/α,β-unsaturated/α-hetero) is 1. The van der Waals surface area contributed by atoms with Crippen LogP contribution in [0.25, 0.3) is 11.1 Å². The van der Waals surface area contributed by atoms with Gasteiger partial charge >= 0.3 is 5.97 Å². The second-order valence-corrected chi connectivity index (χ2v) is 5.83. The monoisotopic (exact) mass is 330 g/mol. The van der Waals surface area contributed by atoms with Crippen molar-refractivity contribution >= 4 is 23.4 Å². The number of carboxylic acid groups (broad SMARTS) is 1. The molecule has 1 saturated heterocycles. The van der Waals surface area contributed by atoms with E-state index < -0.39 is 5.97 Å². The lowest BCUT2D eigenvalue weighted by Crippen LogP contribution is -2.18. The van der Waals surface area contributed by atoms with Gasteiger partial charge in [-0.15, -0.1) is 0 Å². The van der Waals surface area contributed by atoms with Gasteiger partial charge in [-0.2, -0.15) is 0 Å². The number of nitrogens with one attached hydrogen (secondary N) is 1. The summed E-state index contributed by atoms with van der Waals surface area (Å²) in [5, 5.41) is 12.3. The molecule has 1 atom stereocenters. The summed E-state index contributed by atoms with van der Waals surface area (Å²) in [4.78, 5) is 27.9. The second kappa shape index (κ2) is 6.48. The topological polar surface area (TPSA) is 79.3 Å². The molecule has 1 aromatic carbocycles. The highest BCUT2D eigenvalue weighted by molar-refractivity contribution is 6.32. The number of aromatic nitrogens is 1. The van der Waals surface area contributed by atoms with Crippen LogP contribution in [0.2, 0.25) is 5.15 Å². The van der Waals surface area contributed by atoms with Crippen LogP contribution in [0.3, 0.4) is 0 Å². The quantitative estimate of drug-likeness (QED) is 0.665.